The van der Waals surface area contributed by atoms with Crippen LogP contribution in [-0.2, 0) is 24.0 Å². The molecule has 0 aromatic rings. The number of primary amides is 1. The van der Waals surface area contributed by atoms with Crippen molar-refractivity contribution < 1.29 is 34.2 Å². The monoisotopic (exact) mass is 583 g/mol. The topological polar surface area (TPSA) is 174 Å². The zero-order chi connectivity index (χ0) is 32.2. The molecule has 5 amide bonds. The first-order valence-corrected chi connectivity index (χ1v) is 14.2. The molecule has 0 aliphatic heterocycles. The minimum atomic E-state index is -1.98. The molecule has 0 aliphatic rings. The lowest BCUT2D eigenvalue weighted by atomic mass is 9.95. The van der Waals surface area contributed by atoms with Crippen molar-refractivity contribution in [3.63, 3.8) is 0 Å². The van der Waals surface area contributed by atoms with E-state index in [1.54, 1.807) is 14.0 Å². The third-order valence-corrected chi connectivity index (χ3v) is 6.94. The summed E-state index contributed by atoms with van der Waals surface area (Å²) in [4.78, 5) is 67.7. The number of nitrogens with zero attached hydrogens (tertiary/aromatic N) is 3. The lowest BCUT2D eigenvalue weighted by Crippen LogP contribution is -2.59. The second kappa shape index (κ2) is 17.1. The van der Waals surface area contributed by atoms with Gasteiger partial charge in [0.1, 0.15) is 18.1 Å². The van der Waals surface area contributed by atoms with Gasteiger partial charge in [-0.2, -0.15) is 0 Å². The van der Waals surface area contributed by atoms with E-state index in [1.165, 1.54) is 32.8 Å². The molecule has 0 unspecified atom stereocenters. The number of hydrogen-bond donors (Lipinski definition) is 4. The molecule has 0 saturated carbocycles. The number of likely N-dealkylation sites (N-methyl/N-ethyl adjacent to an activating group) is 3. The summed E-state index contributed by atoms with van der Waals surface area (Å²) in [6.45, 7) is 12.3. The molecule has 0 spiro atoms. The van der Waals surface area contributed by atoms with Crippen molar-refractivity contribution >= 4 is 29.5 Å². The van der Waals surface area contributed by atoms with Gasteiger partial charge in [0.25, 0.3) is 5.91 Å². The second-order valence-corrected chi connectivity index (χ2v) is 11.9. The molecule has 0 heterocycles. The maximum Gasteiger partial charge on any atom is 0.273 e. The predicted molar refractivity (Wildman–Crippen MR) is 157 cm³/mol. The Morgan fingerprint density at radius 3 is 1.95 bits per heavy atom. The van der Waals surface area contributed by atoms with Crippen LogP contribution < -0.4 is 11.1 Å². The fourth-order valence-corrected chi connectivity index (χ4v) is 4.33. The highest BCUT2D eigenvalue weighted by molar-refractivity contribution is 5.94. The van der Waals surface area contributed by atoms with E-state index in [2.05, 4.69) is 5.32 Å². The van der Waals surface area contributed by atoms with Gasteiger partial charge < -0.3 is 36.0 Å². The average Bonchev–Trinajstić information content (AvgIpc) is 2.88. The summed E-state index contributed by atoms with van der Waals surface area (Å²) in [6.07, 6.45) is 3.26. The molecule has 0 aromatic heterocycles. The molecular formula is C29H53N5O7. The Bertz CT molecular complexity index is 931. The maximum absolute atomic E-state index is 13.5. The molecule has 12 heteroatoms. The normalized spacial score (nSPS) is 15.5. The average molecular weight is 584 g/mol. The van der Waals surface area contributed by atoms with Crippen LogP contribution in [0.1, 0.15) is 80.6 Å². The van der Waals surface area contributed by atoms with Crippen molar-refractivity contribution in [2.45, 2.75) is 111 Å². The number of amides is 5. The number of hydrogen-bond acceptors (Lipinski definition) is 7. The smallest absolute Gasteiger partial charge is 0.273 e. The van der Waals surface area contributed by atoms with Crippen molar-refractivity contribution in [3.05, 3.63) is 12.2 Å². The SMILES string of the molecule is C/C=C/C[C@@H](C)C[C@@H](C(=O)N[C@@H](CC)C(=O)N(C)[C@H](O)C(=O)N(C)[C@@H](CC(C)(C)O)C(N)=O)N(C)C(=O)CC(C)C. The van der Waals surface area contributed by atoms with Gasteiger partial charge in [-0.25, -0.2) is 0 Å². The summed E-state index contributed by atoms with van der Waals surface area (Å²) >= 11 is 0. The van der Waals surface area contributed by atoms with E-state index in [0.717, 1.165) is 9.80 Å². The van der Waals surface area contributed by atoms with E-state index < -0.39 is 53.6 Å². The van der Waals surface area contributed by atoms with Gasteiger partial charge in [-0.05, 0) is 51.9 Å². The van der Waals surface area contributed by atoms with Gasteiger partial charge in [-0.15, -0.1) is 0 Å². The van der Waals surface area contributed by atoms with E-state index >= 15 is 0 Å². The molecule has 5 atom stereocenters. The first kappa shape index (κ1) is 38.0. The predicted octanol–water partition coefficient (Wildman–Crippen LogP) is 0.997. The molecule has 0 radical (unpaired) electrons. The molecule has 0 aliphatic carbocycles. The van der Waals surface area contributed by atoms with Crippen LogP contribution >= 0.6 is 0 Å². The fourth-order valence-electron chi connectivity index (χ4n) is 4.33. The minimum Gasteiger partial charge on any atom is -0.390 e. The molecule has 0 saturated heterocycles. The van der Waals surface area contributed by atoms with Gasteiger partial charge in [-0.3, -0.25) is 24.0 Å². The zero-order valence-corrected chi connectivity index (χ0v) is 26.5. The van der Waals surface area contributed by atoms with Gasteiger partial charge in [-0.1, -0.05) is 39.8 Å². The second-order valence-electron chi connectivity index (χ2n) is 11.9. The first-order chi connectivity index (χ1) is 18.8. The Hall–Kier alpha value is -2.99. The van der Waals surface area contributed by atoms with Crippen molar-refractivity contribution in [1.82, 2.24) is 20.0 Å². The van der Waals surface area contributed by atoms with Crippen LogP contribution in [0.5, 0.6) is 0 Å². The third kappa shape index (κ3) is 12.6. The Morgan fingerprint density at radius 2 is 1.51 bits per heavy atom. The van der Waals surface area contributed by atoms with Crippen LogP contribution in [0.4, 0.5) is 0 Å². The van der Waals surface area contributed by atoms with Gasteiger partial charge in [0.05, 0.1) is 5.60 Å². The lowest BCUT2D eigenvalue weighted by Gasteiger charge is -2.35. The molecular weight excluding hydrogens is 530 g/mol. The number of rotatable bonds is 17. The molecule has 41 heavy (non-hydrogen) atoms. The molecule has 236 valence electrons. The van der Waals surface area contributed by atoms with Gasteiger partial charge in [0, 0.05) is 34.0 Å². The summed E-state index contributed by atoms with van der Waals surface area (Å²) in [5.41, 5.74) is 4.09. The van der Waals surface area contributed by atoms with E-state index in [4.69, 9.17) is 5.73 Å². The number of nitrogens with one attached hydrogen (secondary N) is 1. The Kier molecular flexibility index (Phi) is 15.8. The van der Waals surface area contributed by atoms with Crippen LogP contribution in [0.3, 0.4) is 0 Å². The molecule has 0 bridgehead atoms. The first-order valence-electron chi connectivity index (χ1n) is 14.2. The summed E-state index contributed by atoms with van der Waals surface area (Å²) in [5.74, 6) is -3.12. The number of carbonyl (C=O) groups is 5. The zero-order valence-electron chi connectivity index (χ0n) is 26.5. The van der Waals surface area contributed by atoms with Crippen molar-refractivity contribution in [1.29, 1.82) is 0 Å². The Morgan fingerprint density at radius 1 is 0.951 bits per heavy atom. The van der Waals surface area contributed by atoms with Crippen LogP contribution in [0.2, 0.25) is 0 Å². The number of nitrogens with two attached hydrogens (primary N) is 1. The summed E-state index contributed by atoms with van der Waals surface area (Å²) in [7, 11) is 4.03. The molecule has 12 nitrogen and oxygen atoms in total. The quantitative estimate of drug-likeness (QED) is 0.146. The van der Waals surface area contributed by atoms with Gasteiger partial charge in [0.2, 0.25) is 29.9 Å². The highest BCUT2D eigenvalue weighted by Crippen LogP contribution is 2.19. The highest BCUT2D eigenvalue weighted by Gasteiger charge is 2.38. The summed E-state index contributed by atoms with van der Waals surface area (Å²) in [6, 6.07) is -3.15. The van der Waals surface area contributed by atoms with E-state index in [1.807, 2.05) is 39.8 Å². The molecule has 0 aromatic carbocycles. The van der Waals surface area contributed by atoms with Crippen LogP contribution in [0.25, 0.3) is 0 Å². The minimum absolute atomic E-state index is 0.0757. The van der Waals surface area contributed by atoms with Gasteiger partial charge in [0.15, 0.2) is 0 Å². The van der Waals surface area contributed by atoms with Gasteiger partial charge >= 0.3 is 0 Å². The van der Waals surface area contributed by atoms with E-state index in [0.29, 0.717) is 12.8 Å². The lowest BCUT2D eigenvalue weighted by molar-refractivity contribution is -0.162. The van der Waals surface area contributed by atoms with Crippen molar-refractivity contribution in [2.24, 2.45) is 17.6 Å². The van der Waals surface area contributed by atoms with Crippen LogP contribution in [-0.4, -0.2) is 106 Å². The number of carbonyl (C=O) groups excluding carboxylic acids is 5. The Balaban J connectivity index is 5.85. The highest BCUT2D eigenvalue weighted by atomic mass is 16.3. The third-order valence-electron chi connectivity index (χ3n) is 6.94. The van der Waals surface area contributed by atoms with E-state index in [9.17, 15) is 34.2 Å². The van der Waals surface area contributed by atoms with Crippen molar-refractivity contribution in [3.8, 4) is 0 Å². The maximum atomic E-state index is 13.5. The van der Waals surface area contributed by atoms with Crippen LogP contribution in [0, 0.1) is 11.8 Å². The Labute approximate surface area is 245 Å². The molecule has 0 rings (SSSR count). The number of allylic oxidation sites excluding steroid dienone is 2. The summed E-state index contributed by atoms with van der Waals surface area (Å²) in [5, 5.41) is 23.5. The number of aliphatic hydroxyl groups excluding tert-OH is 1. The largest absolute Gasteiger partial charge is 0.390 e. The molecule has 5 N–H and O–H groups in total. The van der Waals surface area contributed by atoms with Crippen LogP contribution in [0.15, 0.2) is 12.2 Å². The van der Waals surface area contributed by atoms with E-state index in [-0.39, 0.29) is 37.0 Å². The van der Waals surface area contributed by atoms with Crippen molar-refractivity contribution in [2.75, 3.05) is 21.1 Å². The molecule has 0 fully saturated rings. The standard InChI is InChI=1S/C29H53N5O7/c1-11-13-14-19(5)16-21(32(8)23(35)15-18(3)4)25(37)31-20(12-2)26(38)34(10)28(40)27(39)33(9)22(24(30)36)17-29(6,7)41/h11,13,18-22,28,40-41H,12,14-17H2,1-10H3,(H2,30,36)(H,31,37)/b13-11+/t19-,20+,21+,22+,28-/m1/s1. The number of aliphatic hydroxyl groups is 2. The fraction of sp³-hybridized carbons (Fsp3) is 0.759. The summed E-state index contributed by atoms with van der Waals surface area (Å²) < 4.78 is 0.